The van der Waals surface area contributed by atoms with Crippen molar-refractivity contribution in [2.24, 2.45) is 0 Å². The van der Waals surface area contributed by atoms with E-state index in [1.165, 1.54) is 5.69 Å². The van der Waals surface area contributed by atoms with Crippen molar-refractivity contribution >= 4 is 28.4 Å². The van der Waals surface area contributed by atoms with Crippen LogP contribution >= 0.6 is 0 Å². The van der Waals surface area contributed by atoms with Gasteiger partial charge in [0.05, 0.1) is 18.7 Å². The van der Waals surface area contributed by atoms with E-state index in [0.717, 1.165) is 50.1 Å². The maximum Gasteiger partial charge on any atom is 0.268 e. The van der Waals surface area contributed by atoms with Gasteiger partial charge < -0.3 is 25.2 Å². The topological polar surface area (TPSA) is 87.6 Å². The number of methoxy groups -OCH3 is 1. The molecule has 3 heterocycles. The fourth-order valence-corrected chi connectivity index (χ4v) is 4.53. The van der Waals surface area contributed by atoms with Gasteiger partial charge in [0.1, 0.15) is 5.65 Å². The molecule has 0 amide bonds. The highest BCUT2D eigenvalue weighted by Gasteiger charge is 2.18. The van der Waals surface area contributed by atoms with Crippen molar-refractivity contribution in [3.8, 4) is 12.0 Å². The lowest BCUT2D eigenvalue weighted by Crippen LogP contribution is -2.41. The summed E-state index contributed by atoms with van der Waals surface area (Å²) in [5.74, 6) is 3.47. The number of hydrogen-bond donors (Lipinski definition) is 2. The summed E-state index contributed by atoms with van der Waals surface area (Å²) in [5.41, 5.74) is 2.86. The standard InChI is InChI=1S/C28H37N7O2/c1-5-34(6-2)16-13-21-19-22-20-30-28(32-26(22)35(27(21)36)17-18-37-4)31-23-7-9-24(10-8-23)33(3)25-11-14-29-15-12-25/h7-10,19-20,25,29H,5-6,11-12,14-15,17-18H2,1-4H3,(H,30,31,32). The van der Waals surface area contributed by atoms with E-state index < -0.39 is 0 Å². The first kappa shape index (κ1) is 26.5. The number of hydrogen-bond acceptors (Lipinski definition) is 8. The van der Waals surface area contributed by atoms with Gasteiger partial charge >= 0.3 is 0 Å². The largest absolute Gasteiger partial charge is 0.383 e. The lowest BCUT2D eigenvalue weighted by Gasteiger charge is -2.33. The molecule has 0 bridgehead atoms. The molecular formula is C28H37N7O2. The summed E-state index contributed by atoms with van der Waals surface area (Å²) in [6, 6.07) is 13.7. The van der Waals surface area contributed by atoms with Gasteiger partial charge in [-0.2, -0.15) is 4.98 Å². The molecule has 37 heavy (non-hydrogen) atoms. The van der Waals surface area contributed by atoms with Crippen LogP contribution in [0.3, 0.4) is 0 Å². The van der Waals surface area contributed by atoms with Gasteiger partial charge in [-0.1, -0.05) is 0 Å². The Balaban J connectivity index is 1.59. The summed E-state index contributed by atoms with van der Waals surface area (Å²) in [7, 11) is 3.77. The van der Waals surface area contributed by atoms with E-state index in [-0.39, 0.29) is 5.56 Å². The molecule has 2 N–H and O–H groups in total. The van der Waals surface area contributed by atoms with Gasteiger partial charge in [0.2, 0.25) is 5.95 Å². The first-order valence-electron chi connectivity index (χ1n) is 13.0. The van der Waals surface area contributed by atoms with Crippen LogP contribution in [0.1, 0.15) is 32.3 Å². The molecule has 9 nitrogen and oxygen atoms in total. The van der Waals surface area contributed by atoms with Crippen molar-refractivity contribution in [3.63, 3.8) is 0 Å². The van der Waals surface area contributed by atoms with Crippen LogP contribution in [-0.2, 0) is 11.3 Å². The first-order valence-corrected chi connectivity index (χ1v) is 13.0. The fraction of sp³-hybridized carbons (Fsp3) is 0.464. The highest BCUT2D eigenvalue weighted by atomic mass is 16.5. The SMILES string of the molecule is CCN(C#Cc1cc2cnc(Nc3ccc(N(C)C4CCNCC4)cc3)nc2n(CCOC)c1=O)CC. The maximum absolute atomic E-state index is 13.3. The number of rotatable bonds is 9. The van der Waals surface area contributed by atoms with Crippen molar-refractivity contribution in [2.45, 2.75) is 39.3 Å². The van der Waals surface area contributed by atoms with Gasteiger partial charge in [0.25, 0.3) is 5.56 Å². The molecule has 3 aromatic rings. The monoisotopic (exact) mass is 503 g/mol. The van der Waals surface area contributed by atoms with E-state index in [2.05, 4.69) is 51.7 Å². The molecule has 2 aromatic heterocycles. The van der Waals surface area contributed by atoms with E-state index in [1.54, 1.807) is 23.9 Å². The van der Waals surface area contributed by atoms with Crippen molar-refractivity contribution < 1.29 is 4.74 Å². The molecule has 0 unspecified atom stereocenters. The second-order valence-corrected chi connectivity index (χ2v) is 9.15. The van der Waals surface area contributed by atoms with Crippen LogP contribution in [-0.4, -0.2) is 72.4 Å². The third-order valence-electron chi connectivity index (χ3n) is 6.85. The lowest BCUT2D eigenvalue weighted by atomic mass is 10.0. The molecule has 0 spiro atoms. The smallest absolute Gasteiger partial charge is 0.268 e. The average molecular weight is 504 g/mol. The number of piperidine rings is 1. The molecule has 196 valence electrons. The summed E-state index contributed by atoms with van der Waals surface area (Å²) in [4.78, 5) is 26.8. The van der Waals surface area contributed by atoms with Crippen molar-refractivity contribution in [3.05, 3.63) is 52.4 Å². The Morgan fingerprint density at radius 1 is 1.19 bits per heavy atom. The van der Waals surface area contributed by atoms with E-state index in [0.29, 0.717) is 36.4 Å². The lowest BCUT2D eigenvalue weighted by molar-refractivity contribution is 0.187. The predicted molar refractivity (Wildman–Crippen MR) is 149 cm³/mol. The van der Waals surface area contributed by atoms with Crippen LogP contribution in [0, 0.1) is 12.0 Å². The molecule has 0 saturated carbocycles. The number of nitrogens with one attached hydrogen (secondary N) is 2. The van der Waals surface area contributed by atoms with Crippen LogP contribution < -0.4 is 21.1 Å². The molecule has 9 heteroatoms. The maximum atomic E-state index is 13.3. The van der Waals surface area contributed by atoms with E-state index in [1.807, 2.05) is 30.9 Å². The fourth-order valence-electron chi connectivity index (χ4n) is 4.53. The highest BCUT2D eigenvalue weighted by Crippen LogP contribution is 2.23. The quantitative estimate of drug-likeness (QED) is 0.340. The molecule has 1 aromatic carbocycles. The predicted octanol–water partition coefficient (Wildman–Crippen LogP) is 3.02. The zero-order valence-electron chi connectivity index (χ0n) is 22.3. The molecule has 1 aliphatic heterocycles. The molecule has 4 rings (SSSR count). The van der Waals surface area contributed by atoms with Gasteiger partial charge in [0, 0.05) is 62.3 Å². The number of ether oxygens (including phenoxy) is 1. The number of benzene rings is 1. The first-order chi connectivity index (χ1) is 18.0. The third kappa shape index (κ3) is 6.40. The van der Waals surface area contributed by atoms with Crippen molar-refractivity contribution in [2.75, 3.05) is 57.2 Å². The van der Waals surface area contributed by atoms with Gasteiger partial charge in [-0.15, -0.1) is 0 Å². The molecule has 0 atom stereocenters. The number of pyridine rings is 1. The second-order valence-electron chi connectivity index (χ2n) is 9.15. The van der Waals surface area contributed by atoms with Crippen LogP contribution in [0.15, 0.2) is 41.3 Å². The molecule has 1 saturated heterocycles. The average Bonchev–Trinajstić information content (AvgIpc) is 2.94. The highest BCUT2D eigenvalue weighted by molar-refractivity contribution is 5.77. The summed E-state index contributed by atoms with van der Waals surface area (Å²) < 4.78 is 6.87. The van der Waals surface area contributed by atoms with E-state index in [9.17, 15) is 4.79 Å². The van der Waals surface area contributed by atoms with Crippen LogP contribution in [0.25, 0.3) is 11.0 Å². The Morgan fingerprint density at radius 2 is 1.92 bits per heavy atom. The number of aromatic nitrogens is 3. The Hall–Kier alpha value is -3.61. The zero-order valence-corrected chi connectivity index (χ0v) is 22.3. The van der Waals surface area contributed by atoms with Crippen LogP contribution in [0.4, 0.5) is 17.3 Å². The van der Waals surface area contributed by atoms with Crippen molar-refractivity contribution in [1.29, 1.82) is 0 Å². The zero-order chi connectivity index (χ0) is 26.2. The second kappa shape index (κ2) is 12.6. The Kier molecular flexibility index (Phi) is 8.99. The minimum atomic E-state index is -0.181. The molecule has 0 aliphatic carbocycles. The number of anilines is 3. The van der Waals surface area contributed by atoms with Crippen molar-refractivity contribution in [1.82, 2.24) is 24.8 Å². The number of fused-ring (bicyclic) bond motifs is 1. The molecule has 1 fully saturated rings. The summed E-state index contributed by atoms with van der Waals surface area (Å²) in [6.45, 7) is 8.56. The van der Waals surface area contributed by atoms with Crippen LogP contribution in [0.2, 0.25) is 0 Å². The van der Waals surface area contributed by atoms with E-state index in [4.69, 9.17) is 9.72 Å². The van der Waals surface area contributed by atoms with Gasteiger partial charge in [-0.25, -0.2) is 4.98 Å². The summed E-state index contributed by atoms with van der Waals surface area (Å²) >= 11 is 0. The Bertz CT molecular complexity index is 1300. The summed E-state index contributed by atoms with van der Waals surface area (Å²) in [6.07, 6.45) is 4.03. The van der Waals surface area contributed by atoms with Gasteiger partial charge in [-0.3, -0.25) is 9.36 Å². The van der Waals surface area contributed by atoms with Gasteiger partial charge in [-0.05, 0) is 76.0 Å². The molecule has 1 aliphatic rings. The summed E-state index contributed by atoms with van der Waals surface area (Å²) in [5, 5.41) is 7.46. The number of nitrogens with zero attached hydrogens (tertiary/aromatic N) is 5. The van der Waals surface area contributed by atoms with E-state index >= 15 is 0 Å². The normalized spacial score (nSPS) is 13.7. The minimum absolute atomic E-state index is 0.181. The Morgan fingerprint density at radius 3 is 2.59 bits per heavy atom. The molecule has 0 radical (unpaired) electrons. The Labute approximate surface area is 218 Å². The molecular weight excluding hydrogens is 466 g/mol. The minimum Gasteiger partial charge on any atom is -0.383 e. The van der Waals surface area contributed by atoms with Crippen LogP contribution in [0.5, 0.6) is 0 Å². The van der Waals surface area contributed by atoms with Gasteiger partial charge in [0.15, 0.2) is 0 Å². The third-order valence-corrected chi connectivity index (χ3v) is 6.85.